The summed E-state index contributed by atoms with van der Waals surface area (Å²) in [6, 6.07) is 15.3. The number of nitrogens with two attached hydrogens (primary N) is 1. The lowest BCUT2D eigenvalue weighted by Gasteiger charge is -2.08. The number of halogens is 2. The van der Waals surface area contributed by atoms with Crippen LogP contribution in [0.4, 0.5) is 0 Å². The fourth-order valence-corrected chi connectivity index (χ4v) is 3.40. The van der Waals surface area contributed by atoms with Gasteiger partial charge in [-0.3, -0.25) is 0 Å². The second kappa shape index (κ2) is 14.6. The van der Waals surface area contributed by atoms with Gasteiger partial charge in [0.25, 0.3) is 0 Å². The van der Waals surface area contributed by atoms with E-state index < -0.39 is 0 Å². The van der Waals surface area contributed by atoms with Gasteiger partial charge < -0.3 is 5.73 Å². The highest BCUT2D eigenvalue weighted by Gasteiger charge is 2.06. The van der Waals surface area contributed by atoms with Crippen LogP contribution in [0.3, 0.4) is 0 Å². The zero-order valence-corrected chi connectivity index (χ0v) is 20.5. The molecular weight excluding hydrogens is 441 g/mol. The van der Waals surface area contributed by atoms with E-state index in [9.17, 15) is 0 Å². The zero-order valence-electron chi connectivity index (χ0n) is 19.0. The minimum Gasteiger partial charge on any atom is -0.367 e. The molecule has 2 aromatic rings. The number of guanidine groups is 1. The van der Waals surface area contributed by atoms with Gasteiger partial charge in [-0.1, -0.05) is 87.0 Å². The van der Waals surface area contributed by atoms with Crippen LogP contribution < -0.4 is 11.2 Å². The molecule has 172 valence electrons. The fraction of sp³-hybridized carbons (Fsp3) is 0.400. The summed E-state index contributed by atoms with van der Waals surface area (Å²) in [5.41, 5.74) is 12.7. The molecule has 2 aromatic carbocycles. The van der Waals surface area contributed by atoms with Crippen molar-refractivity contribution in [3.63, 3.8) is 0 Å². The van der Waals surface area contributed by atoms with E-state index in [4.69, 9.17) is 28.9 Å². The van der Waals surface area contributed by atoms with Crippen molar-refractivity contribution in [3.05, 3.63) is 69.7 Å². The van der Waals surface area contributed by atoms with Crippen molar-refractivity contribution in [2.24, 2.45) is 21.0 Å². The predicted molar refractivity (Wildman–Crippen MR) is 139 cm³/mol. The molecule has 0 bridgehead atoms. The van der Waals surface area contributed by atoms with Crippen LogP contribution in [0.15, 0.2) is 63.8 Å². The third-order valence-electron chi connectivity index (χ3n) is 4.97. The predicted octanol–water partition coefficient (Wildman–Crippen LogP) is 7.17. The summed E-state index contributed by atoms with van der Waals surface area (Å²) in [4.78, 5) is 0. The average Bonchev–Trinajstić information content (AvgIpc) is 2.80. The van der Waals surface area contributed by atoms with E-state index in [0.717, 1.165) is 73.9 Å². The zero-order chi connectivity index (χ0) is 23.2. The number of hydrogen-bond donors (Lipinski definition) is 2. The smallest absolute Gasteiger partial charge is 0.234 e. The molecule has 0 atom stereocenters. The maximum Gasteiger partial charge on any atom is 0.234 e. The van der Waals surface area contributed by atoms with Crippen LogP contribution in [0, 0.1) is 0 Å². The maximum absolute atomic E-state index is 6.07. The molecule has 7 heteroatoms. The maximum atomic E-state index is 6.07. The van der Waals surface area contributed by atoms with Gasteiger partial charge >= 0.3 is 0 Å². The first-order chi connectivity index (χ1) is 15.5. The minimum absolute atomic E-state index is 0.147. The largest absolute Gasteiger partial charge is 0.367 e. The Morgan fingerprint density at radius 2 is 1.19 bits per heavy atom. The summed E-state index contributed by atoms with van der Waals surface area (Å²) in [6.07, 6.45) is 8.31. The fourth-order valence-electron chi connectivity index (χ4n) is 3.15. The molecule has 0 aromatic heterocycles. The number of unbranched alkanes of at least 4 members (excludes halogenated alkanes) is 4. The first kappa shape index (κ1) is 25.9. The summed E-state index contributed by atoms with van der Waals surface area (Å²) in [5.74, 6) is 0.147. The Bertz CT molecular complexity index is 903. The summed E-state index contributed by atoms with van der Waals surface area (Å²) in [6.45, 7) is 4.36. The molecule has 0 saturated heterocycles. The van der Waals surface area contributed by atoms with Gasteiger partial charge in [-0.15, -0.1) is 5.10 Å². The molecule has 0 unspecified atom stereocenters. The molecule has 3 N–H and O–H groups in total. The Hall–Kier alpha value is -2.37. The molecule has 0 spiro atoms. The Morgan fingerprint density at radius 1 is 0.719 bits per heavy atom. The summed E-state index contributed by atoms with van der Waals surface area (Å²) < 4.78 is 0. The summed E-state index contributed by atoms with van der Waals surface area (Å²) in [5, 5.41) is 14.5. The molecule has 2 rings (SSSR count). The second-order valence-corrected chi connectivity index (χ2v) is 8.50. The topological polar surface area (TPSA) is 75.1 Å². The Labute approximate surface area is 201 Å². The monoisotopic (exact) mass is 473 g/mol. The Balaban J connectivity index is 2.17. The van der Waals surface area contributed by atoms with E-state index in [0.29, 0.717) is 10.0 Å². The van der Waals surface area contributed by atoms with Gasteiger partial charge in [-0.05, 0) is 61.1 Å². The normalized spacial score (nSPS) is 12.8. The van der Waals surface area contributed by atoms with Crippen molar-refractivity contribution < 1.29 is 0 Å². The molecule has 0 amide bonds. The van der Waals surface area contributed by atoms with Crippen LogP contribution in [0.5, 0.6) is 0 Å². The lowest BCUT2D eigenvalue weighted by atomic mass is 10.0. The van der Waals surface area contributed by atoms with Gasteiger partial charge in [0.2, 0.25) is 5.96 Å². The first-order valence-corrected chi connectivity index (χ1v) is 12.0. The van der Waals surface area contributed by atoms with Crippen molar-refractivity contribution >= 4 is 40.6 Å². The summed E-state index contributed by atoms with van der Waals surface area (Å²) >= 11 is 12.1. The lowest BCUT2D eigenvalue weighted by Crippen LogP contribution is -2.28. The Kier molecular flexibility index (Phi) is 11.8. The molecular formula is C25H33Cl2N5. The van der Waals surface area contributed by atoms with Gasteiger partial charge in [0, 0.05) is 10.0 Å². The third kappa shape index (κ3) is 9.41. The average molecular weight is 474 g/mol. The van der Waals surface area contributed by atoms with Crippen molar-refractivity contribution in [2.45, 2.75) is 65.2 Å². The molecule has 0 aliphatic rings. The van der Waals surface area contributed by atoms with Crippen LogP contribution in [0.1, 0.15) is 76.3 Å². The molecule has 0 saturated carbocycles. The van der Waals surface area contributed by atoms with E-state index in [2.05, 4.69) is 34.6 Å². The first-order valence-electron chi connectivity index (χ1n) is 11.3. The van der Waals surface area contributed by atoms with E-state index in [1.54, 1.807) is 0 Å². The Morgan fingerprint density at radius 3 is 1.69 bits per heavy atom. The van der Waals surface area contributed by atoms with Gasteiger partial charge in [0.05, 0.1) is 11.4 Å². The van der Waals surface area contributed by atoms with Crippen LogP contribution in [-0.2, 0) is 0 Å². The SMILES string of the molecule is CCCCC/C(=N\N=C(N)N/N=C(\CCCCC)c1ccc(Cl)cc1)c1ccc(Cl)cc1. The van der Waals surface area contributed by atoms with Crippen LogP contribution in [-0.4, -0.2) is 17.4 Å². The molecule has 0 heterocycles. The third-order valence-corrected chi connectivity index (χ3v) is 5.48. The van der Waals surface area contributed by atoms with E-state index in [-0.39, 0.29) is 5.96 Å². The van der Waals surface area contributed by atoms with Gasteiger partial charge in [0.1, 0.15) is 0 Å². The highest BCUT2D eigenvalue weighted by molar-refractivity contribution is 6.31. The summed E-state index contributed by atoms with van der Waals surface area (Å²) in [7, 11) is 0. The lowest BCUT2D eigenvalue weighted by molar-refractivity contribution is 0.739. The van der Waals surface area contributed by atoms with Crippen LogP contribution >= 0.6 is 23.2 Å². The highest BCUT2D eigenvalue weighted by Crippen LogP contribution is 2.15. The van der Waals surface area contributed by atoms with Crippen molar-refractivity contribution in [1.29, 1.82) is 0 Å². The molecule has 0 aliphatic heterocycles. The highest BCUT2D eigenvalue weighted by atomic mass is 35.5. The van der Waals surface area contributed by atoms with E-state index in [1.807, 2.05) is 48.5 Å². The second-order valence-electron chi connectivity index (χ2n) is 7.63. The van der Waals surface area contributed by atoms with Gasteiger partial charge in [-0.25, -0.2) is 5.43 Å². The van der Waals surface area contributed by atoms with E-state index in [1.165, 1.54) is 0 Å². The van der Waals surface area contributed by atoms with Crippen LogP contribution in [0.25, 0.3) is 0 Å². The van der Waals surface area contributed by atoms with Gasteiger partial charge in [0.15, 0.2) is 0 Å². The van der Waals surface area contributed by atoms with Gasteiger partial charge in [-0.2, -0.15) is 10.2 Å². The number of hydrazone groups is 1. The number of benzene rings is 2. The number of hydrogen-bond acceptors (Lipinski definition) is 3. The number of nitrogens with one attached hydrogen (secondary N) is 1. The minimum atomic E-state index is 0.147. The number of nitrogens with zero attached hydrogens (tertiary/aromatic N) is 3. The van der Waals surface area contributed by atoms with E-state index >= 15 is 0 Å². The molecule has 0 fully saturated rings. The van der Waals surface area contributed by atoms with Crippen molar-refractivity contribution in [2.75, 3.05) is 0 Å². The quantitative estimate of drug-likeness (QED) is 0.148. The van der Waals surface area contributed by atoms with Crippen molar-refractivity contribution in [1.82, 2.24) is 5.43 Å². The van der Waals surface area contributed by atoms with Crippen LogP contribution in [0.2, 0.25) is 10.0 Å². The standard InChI is InChI=1S/C25H33Cl2N5/c1-3-5-7-9-23(19-11-15-21(26)16-12-19)29-31-25(28)32-30-24(10-8-6-4-2)20-13-17-22(27)18-14-20/h11-18H,3-10H2,1-2H3,(H3,28,31,32)/b29-23+,30-24+. The number of rotatable bonds is 12. The molecule has 5 nitrogen and oxygen atoms in total. The molecule has 0 aliphatic carbocycles. The molecule has 32 heavy (non-hydrogen) atoms. The van der Waals surface area contributed by atoms with Crippen molar-refractivity contribution in [3.8, 4) is 0 Å². The molecule has 0 radical (unpaired) electrons.